The Labute approximate surface area is 125 Å². The second kappa shape index (κ2) is 5.71. The van der Waals surface area contributed by atoms with Crippen molar-refractivity contribution in [2.24, 2.45) is 0 Å². The van der Waals surface area contributed by atoms with E-state index in [-0.39, 0.29) is 5.66 Å². The molecule has 0 unspecified atom stereocenters. The minimum atomic E-state index is -2.74. The highest BCUT2D eigenvalue weighted by Crippen LogP contribution is 2.50. The molecule has 104 valence electrons. The first-order valence-electron chi connectivity index (χ1n) is 6.97. The minimum absolute atomic E-state index is 0.118. The van der Waals surface area contributed by atoms with Gasteiger partial charge in [0.2, 0.25) is 0 Å². The van der Waals surface area contributed by atoms with Gasteiger partial charge in [-0.25, -0.2) is 0 Å². The molecule has 0 radical (unpaired) electrons. The minimum Gasteiger partial charge on any atom is -0.313 e. The molecule has 0 fully saturated rings. The first-order chi connectivity index (χ1) is 10.2. The second-order valence-electron chi connectivity index (χ2n) is 5.11. The first-order valence-corrected chi connectivity index (χ1v) is 8.75. The number of benzene rings is 2. The van der Waals surface area contributed by atoms with E-state index in [2.05, 4.69) is 6.58 Å². The van der Waals surface area contributed by atoms with Crippen molar-refractivity contribution in [1.29, 1.82) is 0 Å². The molecule has 2 heteroatoms. The smallest absolute Gasteiger partial charge is 0.153 e. The maximum absolute atomic E-state index is 13.9. The first kappa shape index (κ1) is 13.9. The van der Waals surface area contributed by atoms with E-state index in [9.17, 15) is 4.57 Å². The molecule has 2 aromatic rings. The highest BCUT2D eigenvalue weighted by molar-refractivity contribution is 7.79. The van der Waals surface area contributed by atoms with E-state index < -0.39 is 7.14 Å². The summed E-state index contributed by atoms with van der Waals surface area (Å²) in [6, 6.07) is 19.5. The lowest BCUT2D eigenvalue weighted by molar-refractivity contribution is 0.585. The molecule has 0 aliphatic heterocycles. The van der Waals surface area contributed by atoms with E-state index >= 15 is 0 Å². The monoisotopic (exact) mass is 292 g/mol. The van der Waals surface area contributed by atoms with E-state index in [1.165, 1.54) is 0 Å². The Morgan fingerprint density at radius 1 is 0.762 bits per heavy atom. The van der Waals surface area contributed by atoms with E-state index in [1.807, 2.05) is 85.0 Å². The molecule has 0 spiro atoms. The molecule has 1 nitrogen and oxygen atoms in total. The molecule has 0 N–H and O–H groups in total. The molecule has 0 heterocycles. The topological polar surface area (TPSA) is 17.1 Å². The third kappa shape index (κ3) is 2.57. The zero-order valence-electron chi connectivity index (χ0n) is 11.7. The second-order valence-corrected chi connectivity index (χ2v) is 8.06. The van der Waals surface area contributed by atoms with Gasteiger partial charge in [-0.2, -0.15) is 0 Å². The summed E-state index contributed by atoms with van der Waals surface area (Å²) in [6.07, 6.45) is 7.90. The van der Waals surface area contributed by atoms with Gasteiger partial charge < -0.3 is 4.57 Å². The molecule has 21 heavy (non-hydrogen) atoms. The lowest BCUT2D eigenvalue weighted by atomic mass is 10.1. The van der Waals surface area contributed by atoms with Gasteiger partial charge in [0.05, 0.1) is 5.66 Å². The van der Waals surface area contributed by atoms with Crippen molar-refractivity contribution in [3.05, 3.63) is 97.1 Å². The van der Waals surface area contributed by atoms with Crippen LogP contribution in [0.15, 0.2) is 97.1 Å². The highest BCUT2D eigenvalue weighted by Gasteiger charge is 2.34. The van der Waals surface area contributed by atoms with Gasteiger partial charge in [0.25, 0.3) is 0 Å². The Morgan fingerprint density at radius 3 is 1.62 bits per heavy atom. The van der Waals surface area contributed by atoms with Crippen LogP contribution in [0.4, 0.5) is 0 Å². The molecule has 0 saturated carbocycles. The maximum Gasteiger partial charge on any atom is 0.153 e. The third-order valence-electron chi connectivity index (χ3n) is 3.71. The predicted molar refractivity (Wildman–Crippen MR) is 91.0 cm³/mol. The van der Waals surface area contributed by atoms with Gasteiger partial charge in [-0.05, 0) is 5.57 Å². The summed E-state index contributed by atoms with van der Waals surface area (Å²) < 4.78 is 13.9. The van der Waals surface area contributed by atoms with Gasteiger partial charge in [0, 0.05) is 10.6 Å². The Kier molecular flexibility index (Phi) is 3.77. The average molecular weight is 292 g/mol. The Hall–Kier alpha value is -2.11. The summed E-state index contributed by atoms with van der Waals surface area (Å²) in [7, 11) is -2.74. The maximum atomic E-state index is 13.9. The molecule has 0 amide bonds. The zero-order valence-corrected chi connectivity index (χ0v) is 12.6. The average Bonchev–Trinajstić information content (AvgIpc) is 2.56. The Morgan fingerprint density at radius 2 is 1.19 bits per heavy atom. The largest absolute Gasteiger partial charge is 0.313 e. The summed E-state index contributed by atoms with van der Waals surface area (Å²) in [5.74, 6) is 0. The standard InChI is InChI=1S/C19H17OP/c1-16-12-14-19(15-13-16)21(20,17-8-4-2-5-9-17)18-10-6-3-7-11-18/h2-15,19H,1H2. The van der Waals surface area contributed by atoms with Crippen LogP contribution in [-0.4, -0.2) is 5.66 Å². The third-order valence-corrected chi connectivity index (χ3v) is 7.03. The molecule has 2 aromatic carbocycles. The van der Waals surface area contributed by atoms with Crippen LogP contribution in [0.25, 0.3) is 0 Å². The van der Waals surface area contributed by atoms with Crippen molar-refractivity contribution in [1.82, 2.24) is 0 Å². The SMILES string of the molecule is C=C1C=CC(P(=O)(c2ccccc2)c2ccccc2)C=C1. The molecule has 0 aromatic heterocycles. The summed E-state index contributed by atoms with van der Waals surface area (Å²) in [5.41, 5.74) is 0.826. The van der Waals surface area contributed by atoms with Gasteiger partial charge in [0.15, 0.2) is 7.14 Å². The van der Waals surface area contributed by atoms with Crippen LogP contribution in [0.3, 0.4) is 0 Å². The zero-order chi connectivity index (χ0) is 14.7. The molecule has 0 bridgehead atoms. The fourth-order valence-electron chi connectivity index (χ4n) is 2.60. The normalized spacial score (nSPS) is 15.3. The van der Waals surface area contributed by atoms with Crippen molar-refractivity contribution in [3.63, 3.8) is 0 Å². The number of hydrogen-bond acceptors (Lipinski definition) is 1. The molecule has 0 saturated heterocycles. The van der Waals surface area contributed by atoms with Crippen LogP contribution in [0, 0.1) is 0 Å². The van der Waals surface area contributed by atoms with E-state index in [4.69, 9.17) is 0 Å². The van der Waals surface area contributed by atoms with Crippen LogP contribution in [-0.2, 0) is 4.57 Å². The van der Waals surface area contributed by atoms with Crippen LogP contribution in [0.1, 0.15) is 0 Å². The summed E-state index contributed by atoms with van der Waals surface area (Å²) in [6.45, 7) is 3.91. The lowest BCUT2D eigenvalue weighted by Crippen LogP contribution is -2.24. The predicted octanol–water partition coefficient (Wildman–Crippen LogP) is 4.05. The summed E-state index contributed by atoms with van der Waals surface area (Å²) in [4.78, 5) is 0. The molecular weight excluding hydrogens is 275 g/mol. The van der Waals surface area contributed by atoms with Crippen LogP contribution in [0.2, 0.25) is 0 Å². The van der Waals surface area contributed by atoms with Crippen LogP contribution >= 0.6 is 7.14 Å². The Balaban J connectivity index is 2.17. The van der Waals surface area contributed by atoms with Crippen molar-refractivity contribution in [3.8, 4) is 0 Å². The molecule has 1 aliphatic carbocycles. The fraction of sp³-hybridized carbons (Fsp3) is 0.0526. The summed E-state index contributed by atoms with van der Waals surface area (Å²) >= 11 is 0. The van der Waals surface area contributed by atoms with Crippen molar-refractivity contribution in [2.45, 2.75) is 5.66 Å². The number of allylic oxidation sites excluding steroid dienone is 5. The van der Waals surface area contributed by atoms with Gasteiger partial charge in [-0.15, -0.1) is 0 Å². The lowest BCUT2D eigenvalue weighted by Gasteiger charge is -2.26. The van der Waals surface area contributed by atoms with Gasteiger partial charge in [-0.3, -0.25) is 0 Å². The van der Waals surface area contributed by atoms with E-state index in [0.29, 0.717) is 0 Å². The van der Waals surface area contributed by atoms with E-state index in [0.717, 1.165) is 16.2 Å². The van der Waals surface area contributed by atoms with Crippen molar-refractivity contribution < 1.29 is 4.57 Å². The summed E-state index contributed by atoms with van der Waals surface area (Å²) in [5, 5.41) is 1.78. The molecular formula is C19H17OP. The van der Waals surface area contributed by atoms with Crippen molar-refractivity contribution in [2.75, 3.05) is 0 Å². The number of hydrogen-bond donors (Lipinski definition) is 0. The van der Waals surface area contributed by atoms with Crippen LogP contribution < -0.4 is 10.6 Å². The van der Waals surface area contributed by atoms with Gasteiger partial charge >= 0.3 is 0 Å². The van der Waals surface area contributed by atoms with Crippen LogP contribution in [0.5, 0.6) is 0 Å². The molecule has 0 atom stereocenters. The van der Waals surface area contributed by atoms with Gasteiger partial charge in [0.1, 0.15) is 0 Å². The Bertz CT molecular complexity index is 682. The highest BCUT2D eigenvalue weighted by atomic mass is 31.2. The quantitative estimate of drug-likeness (QED) is 0.780. The molecule has 1 aliphatic rings. The van der Waals surface area contributed by atoms with Gasteiger partial charge in [-0.1, -0.05) is 91.5 Å². The fourth-order valence-corrected chi connectivity index (χ4v) is 5.47. The van der Waals surface area contributed by atoms with E-state index in [1.54, 1.807) is 0 Å². The number of rotatable bonds is 3. The molecule has 3 rings (SSSR count). The van der Waals surface area contributed by atoms with Crippen molar-refractivity contribution >= 4 is 17.8 Å².